The van der Waals surface area contributed by atoms with E-state index >= 15 is 0 Å². The molecule has 2 aromatic heterocycles. The second kappa shape index (κ2) is 7.71. The molecule has 0 radical (unpaired) electrons. The first kappa shape index (κ1) is 22.5. The van der Waals surface area contributed by atoms with Gasteiger partial charge in [0.2, 0.25) is 0 Å². The van der Waals surface area contributed by atoms with E-state index in [0.29, 0.717) is 24.0 Å². The number of halogens is 4. The molecule has 1 aliphatic heterocycles. The van der Waals surface area contributed by atoms with Crippen molar-refractivity contribution in [3.8, 4) is 5.69 Å². The number of nitrogens with zero attached hydrogens (tertiary/aromatic N) is 4. The highest BCUT2D eigenvalue weighted by Gasteiger charge is 2.33. The number of imidazole rings is 1. The van der Waals surface area contributed by atoms with E-state index in [9.17, 15) is 26.9 Å². The average molecular weight is 468 g/mol. The van der Waals surface area contributed by atoms with Crippen LogP contribution in [0, 0.1) is 0 Å². The Morgan fingerprint density at radius 1 is 1.16 bits per heavy atom. The molecular formula is C21H21F4N4O2P. The number of likely N-dealkylation sites (tertiary alicyclic amines) is 1. The van der Waals surface area contributed by atoms with Crippen LogP contribution in [-0.2, 0) is 10.7 Å². The van der Waals surface area contributed by atoms with Crippen molar-refractivity contribution >= 4 is 23.7 Å². The van der Waals surface area contributed by atoms with Crippen molar-refractivity contribution in [2.45, 2.75) is 12.2 Å². The zero-order valence-electron chi connectivity index (χ0n) is 17.4. The SMILES string of the molecule is C=C(F)CN1CC(n2c(=O)n(-c3ccc(C(F)(F)F)cc3)c3nc(P(C)(C)=O)ccc32)C1. The van der Waals surface area contributed by atoms with Gasteiger partial charge in [-0.3, -0.25) is 9.47 Å². The lowest BCUT2D eigenvalue weighted by Crippen LogP contribution is -2.50. The Hall–Kier alpha value is -2.71. The third kappa shape index (κ3) is 4.04. The summed E-state index contributed by atoms with van der Waals surface area (Å²) in [6, 6.07) is 7.20. The maximum atomic E-state index is 13.4. The smallest absolute Gasteiger partial charge is 0.318 e. The molecule has 0 atom stereocenters. The summed E-state index contributed by atoms with van der Waals surface area (Å²) in [4.78, 5) is 19.6. The van der Waals surface area contributed by atoms with Gasteiger partial charge in [-0.25, -0.2) is 18.7 Å². The molecule has 6 nitrogen and oxygen atoms in total. The van der Waals surface area contributed by atoms with Crippen molar-refractivity contribution < 1.29 is 22.1 Å². The molecule has 0 bridgehead atoms. The molecule has 1 aliphatic rings. The van der Waals surface area contributed by atoms with Crippen molar-refractivity contribution in [3.63, 3.8) is 0 Å². The first-order valence-electron chi connectivity index (χ1n) is 9.79. The number of hydrogen-bond acceptors (Lipinski definition) is 4. The van der Waals surface area contributed by atoms with Crippen LogP contribution in [0.25, 0.3) is 16.9 Å². The van der Waals surface area contributed by atoms with E-state index in [1.165, 1.54) is 21.3 Å². The maximum Gasteiger partial charge on any atom is 0.416 e. The molecule has 0 N–H and O–H groups in total. The first-order chi connectivity index (χ1) is 14.9. The third-order valence-corrected chi connectivity index (χ3v) is 6.76. The van der Waals surface area contributed by atoms with Crippen LogP contribution in [0.4, 0.5) is 17.6 Å². The number of benzene rings is 1. The topological polar surface area (TPSA) is 60.1 Å². The molecule has 0 saturated carbocycles. The standard InChI is InChI=1S/C21H21F4N4O2P/c1-13(22)10-27-11-16(12-27)28-17-8-9-18(32(2,3)31)26-19(17)29(20(28)30)15-6-4-14(5-7-15)21(23,24)25/h4-9,16H,1,10-12H2,2-3H3. The molecule has 4 rings (SSSR count). The minimum absolute atomic E-state index is 0.0695. The Kier molecular flexibility index (Phi) is 5.41. The second-order valence-corrected chi connectivity index (χ2v) is 11.4. The molecule has 1 saturated heterocycles. The summed E-state index contributed by atoms with van der Waals surface area (Å²) >= 11 is 0. The zero-order valence-corrected chi connectivity index (χ0v) is 18.3. The van der Waals surface area contributed by atoms with Crippen LogP contribution in [-0.4, -0.2) is 52.0 Å². The molecule has 0 amide bonds. The van der Waals surface area contributed by atoms with Crippen LogP contribution in [0.5, 0.6) is 0 Å². The van der Waals surface area contributed by atoms with E-state index in [1.54, 1.807) is 30.4 Å². The predicted octanol–water partition coefficient (Wildman–Crippen LogP) is 3.79. The molecule has 32 heavy (non-hydrogen) atoms. The Morgan fingerprint density at radius 2 is 1.78 bits per heavy atom. The fraction of sp³-hybridized carbons (Fsp3) is 0.333. The van der Waals surface area contributed by atoms with E-state index < -0.39 is 30.4 Å². The number of rotatable bonds is 5. The number of pyridine rings is 1. The van der Waals surface area contributed by atoms with Crippen LogP contribution in [0.2, 0.25) is 0 Å². The fourth-order valence-corrected chi connectivity index (χ4v) is 4.62. The van der Waals surface area contributed by atoms with Gasteiger partial charge in [0.05, 0.1) is 22.8 Å². The summed E-state index contributed by atoms with van der Waals surface area (Å²) in [5, 5.41) is 0. The number of hydrogen-bond donors (Lipinski definition) is 0. The van der Waals surface area contributed by atoms with E-state index in [2.05, 4.69) is 11.6 Å². The molecule has 0 aliphatic carbocycles. The molecule has 3 heterocycles. The normalized spacial score (nSPS) is 15.8. The maximum absolute atomic E-state index is 13.4. The van der Waals surface area contributed by atoms with Gasteiger partial charge in [-0.1, -0.05) is 6.58 Å². The quantitative estimate of drug-likeness (QED) is 0.422. The van der Waals surface area contributed by atoms with Gasteiger partial charge in [0.25, 0.3) is 0 Å². The Morgan fingerprint density at radius 3 is 2.31 bits per heavy atom. The third-order valence-electron chi connectivity index (χ3n) is 5.41. The molecule has 170 valence electrons. The van der Waals surface area contributed by atoms with E-state index in [0.717, 1.165) is 12.1 Å². The minimum Gasteiger partial charge on any atom is -0.318 e. The van der Waals surface area contributed by atoms with Crippen molar-refractivity contribution in [3.05, 3.63) is 64.9 Å². The van der Waals surface area contributed by atoms with Crippen LogP contribution < -0.4 is 11.1 Å². The van der Waals surface area contributed by atoms with Gasteiger partial charge in [0.1, 0.15) is 18.4 Å². The van der Waals surface area contributed by atoms with Gasteiger partial charge < -0.3 is 4.57 Å². The summed E-state index contributed by atoms with van der Waals surface area (Å²) in [7, 11) is -2.76. The Labute approximate surface area is 181 Å². The van der Waals surface area contributed by atoms with Crippen LogP contribution in [0.15, 0.2) is 53.6 Å². The van der Waals surface area contributed by atoms with Gasteiger partial charge in [0, 0.05) is 19.6 Å². The van der Waals surface area contributed by atoms with Crippen molar-refractivity contribution in [2.75, 3.05) is 33.0 Å². The molecule has 0 spiro atoms. The number of alkyl halides is 3. The summed E-state index contributed by atoms with van der Waals surface area (Å²) in [5.41, 5.74) is -0.103. The molecule has 3 aromatic rings. The number of aromatic nitrogens is 3. The van der Waals surface area contributed by atoms with Gasteiger partial charge >= 0.3 is 11.9 Å². The summed E-state index contributed by atoms with van der Waals surface area (Å²) in [5.74, 6) is -0.476. The van der Waals surface area contributed by atoms with Crippen LogP contribution >= 0.6 is 7.14 Å². The predicted molar refractivity (Wildman–Crippen MR) is 115 cm³/mol. The van der Waals surface area contributed by atoms with E-state index in [1.807, 2.05) is 0 Å². The second-order valence-electron chi connectivity index (χ2n) is 8.26. The fourth-order valence-electron chi connectivity index (χ4n) is 3.85. The van der Waals surface area contributed by atoms with Crippen LogP contribution in [0.3, 0.4) is 0 Å². The lowest BCUT2D eigenvalue weighted by molar-refractivity contribution is -0.137. The van der Waals surface area contributed by atoms with Crippen molar-refractivity contribution in [2.24, 2.45) is 0 Å². The Balaban J connectivity index is 1.86. The summed E-state index contributed by atoms with van der Waals surface area (Å²) in [6.07, 6.45) is -4.50. The highest BCUT2D eigenvalue weighted by molar-refractivity contribution is 7.69. The van der Waals surface area contributed by atoms with Crippen LogP contribution in [0.1, 0.15) is 11.6 Å². The summed E-state index contributed by atoms with van der Waals surface area (Å²) in [6.45, 7) is 7.24. The van der Waals surface area contributed by atoms with E-state index in [4.69, 9.17) is 0 Å². The van der Waals surface area contributed by atoms with Gasteiger partial charge in [-0.15, -0.1) is 0 Å². The van der Waals surface area contributed by atoms with Gasteiger partial charge in [0.15, 0.2) is 5.65 Å². The van der Waals surface area contributed by atoms with Crippen molar-refractivity contribution in [1.29, 1.82) is 0 Å². The molecule has 1 aromatic carbocycles. The highest BCUT2D eigenvalue weighted by atomic mass is 31.2. The highest BCUT2D eigenvalue weighted by Crippen LogP contribution is 2.35. The van der Waals surface area contributed by atoms with Crippen molar-refractivity contribution in [1.82, 2.24) is 19.0 Å². The average Bonchev–Trinajstić information content (AvgIpc) is 2.94. The molecular weight excluding hydrogens is 447 g/mol. The lowest BCUT2D eigenvalue weighted by atomic mass is 10.1. The largest absolute Gasteiger partial charge is 0.416 e. The molecule has 11 heteroatoms. The first-order valence-corrected chi connectivity index (χ1v) is 12.4. The lowest BCUT2D eigenvalue weighted by Gasteiger charge is -2.39. The van der Waals surface area contributed by atoms with E-state index in [-0.39, 0.29) is 23.9 Å². The Bertz CT molecular complexity index is 1300. The summed E-state index contributed by atoms with van der Waals surface area (Å²) < 4.78 is 67.3. The monoisotopic (exact) mass is 468 g/mol. The van der Waals surface area contributed by atoms with Gasteiger partial charge in [-0.2, -0.15) is 13.2 Å². The molecule has 1 fully saturated rings. The minimum atomic E-state index is -4.50. The van der Waals surface area contributed by atoms with Gasteiger partial charge in [-0.05, 0) is 49.7 Å². The molecule has 0 unspecified atom stereocenters. The zero-order chi connectivity index (χ0) is 23.4. The number of fused-ring (bicyclic) bond motifs is 1.